The van der Waals surface area contributed by atoms with Crippen molar-refractivity contribution in [3.05, 3.63) is 84.2 Å². The Balaban J connectivity index is 1.41. The normalized spacial score (nSPS) is 18.6. The SMILES string of the molecule is c1ccc([C@@H]2CN(Cc3ccc(-n4cccn4)cc3)CCO2)cc1. The zero-order valence-corrected chi connectivity index (χ0v) is 13.6. The first-order chi connectivity index (χ1) is 11.9. The van der Waals surface area contributed by atoms with E-state index in [1.165, 1.54) is 11.1 Å². The maximum atomic E-state index is 5.95. The van der Waals surface area contributed by atoms with Crippen molar-refractivity contribution in [1.29, 1.82) is 0 Å². The summed E-state index contributed by atoms with van der Waals surface area (Å²) in [5.74, 6) is 0. The average Bonchev–Trinajstić information content (AvgIpc) is 3.18. The van der Waals surface area contributed by atoms with Crippen LogP contribution in [0.1, 0.15) is 17.2 Å². The maximum absolute atomic E-state index is 5.95. The van der Waals surface area contributed by atoms with Crippen LogP contribution in [0.5, 0.6) is 0 Å². The van der Waals surface area contributed by atoms with Crippen LogP contribution in [0.4, 0.5) is 0 Å². The lowest BCUT2D eigenvalue weighted by Crippen LogP contribution is -2.37. The number of hydrogen-bond donors (Lipinski definition) is 0. The zero-order valence-electron chi connectivity index (χ0n) is 13.6. The molecule has 1 atom stereocenters. The van der Waals surface area contributed by atoms with Gasteiger partial charge in [-0.1, -0.05) is 42.5 Å². The summed E-state index contributed by atoms with van der Waals surface area (Å²) in [5.41, 5.74) is 3.67. The largest absolute Gasteiger partial charge is 0.371 e. The Hall–Kier alpha value is -2.43. The highest BCUT2D eigenvalue weighted by Crippen LogP contribution is 2.23. The van der Waals surface area contributed by atoms with Gasteiger partial charge in [0, 0.05) is 32.0 Å². The summed E-state index contributed by atoms with van der Waals surface area (Å²) in [5, 5.41) is 4.27. The van der Waals surface area contributed by atoms with Crippen LogP contribution in [0.2, 0.25) is 0 Å². The molecule has 1 saturated heterocycles. The van der Waals surface area contributed by atoms with E-state index in [1.807, 2.05) is 23.0 Å². The van der Waals surface area contributed by atoms with E-state index in [0.29, 0.717) is 0 Å². The third-order valence-corrected chi connectivity index (χ3v) is 4.43. The molecule has 0 N–H and O–H groups in total. The van der Waals surface area contributed by atoms with Gasteiger partial charge in [0.15, 0.2) is 0 Å². The van der Waals surface area contributed by atoms with Crippen LogP contribution < -0.4 is 0 Å². The van der Waals surface area contributed by atoms with Crippen LogP contribution in [0.15, 0.2) is 73.1 Å². The molecule has 24 heavy (non-hydrogen) atoms. The number of nitrogens with zero attached hydrogens (tertiary/aromatic N) is 3. The number of benzene rings is 2. The molecule has 0 aliphatic carbocycles. The first-order valence-electron chi connectivity index (χ1n) is 8.36. The molecule has 0 radical (unpaired) electrons. The summed E-state index contributed by atoms with van der Waals surface area (Å²) < 4.78 is 7.83. The van der Waals surface area contributed by atoms with Crippen molar-refractivity contribution >= 4 is 0 Å². The fourth-order valence-electron chi connectivity index (χ4n) is 3.15. The summed E-state index contributed by atoms with van der Waals surface area (Å²) in [6.07, 6.45) is 3.93. The van der Waals surface area contributed by atoms with Gasteiger partial charge in [-0.15, -0.1) is 0 Å². The van der Waals surface area contributed by atoms with Crippen LogP contribution in [-0.4, -0.2) is 34.4 Å². The van der Waals surface area contributed by atoms with Gasteiger partial charge in [-0.3, -0.25) is 4.90 Å². The Morgan fingerprint density at radius 3 is 2.58 bits per heavy atom. The van der Waals surface area contributed by atoms with Gasteiger partial charge in [0.05, 0.1) is 18.4 Å². The molecular weight excluding hydrogens is 298 g/mol. The highest BCUT2D eigenvalue weighted by atomic mass is 16.5. The molecule has 122 valence electrons. The number of morpholine rings is 1. The molecular formula is C20H21N3O. The van der Waals surface area contributed by atoms with Gasteiger partial charge in [0.2, 0.25) is 0 Å². The predicted octanol–water partition coefficient (Wildman–Crippen LogP) is 3.45. The molecule has 0 bridgehead atoms. The van der Waals surface area contributed by atoms with Gasteiger partial charge in [-0.2, -0.15) is 5.10 Å². The van der Waals surface area contributed by atoms with Gasteiger partial charge in [-0.05, 0) is 29.3 Å². The third kappa shape index (κ3) is 3.40. The minimum absolute atomic E-state index is 0.170. The van der Waals surface area contributed by atoms with Crippen molar-refractivity contribution in [1.82, 2.24) is 14.7 Å². The maximum Gasteiger partial charge on any atom is 0.0952 e. The van der Waals surface area contributed by atoms with Crippen molar-refractivity contribution in [2.45, 2.75) is 12.6 Å². The predicted molar refractivity (Wildman–Crippen MR) is 94.0 cm³/mol. The third-order valence-electron chi connectivity index (χ3n) is 4.43. The molecule has 0 unspecified atom stereocenters. The number of rotatable bonds is 4. The van der Waals surface area contributed by atoms with Crippen molar-refractivity contribution < 1.29 is 4.74 Å². The van der Waals surface area contributed by atoms with E-state index in [9.17, 15) is 0 Å². The lowest BCUT2D eigenvalue weighted by molar-refractivity contribution is -0.0329. The average molecular weight is 319 g/mol. The molecule has 0 spiro atoms. The summed E-state index contributed by atoms with van der Waals surface area (Å²) in [6, 6.07) is 21.0. The molecule has 1 aliphatic rings. The van der Waals surface area contributed by atoms with Gasteiger partial charge >= 0.3 is 0 Å². The lowest BCUT2D eigenvalue weighted by atomic mass is 10.1. The van der Waals surface area contributed by atoms with E-state index in [1.54, 1.807) is 6.20 Å². The second-order valence-electron chi connectivity index (χ2n) is 6.12. The van der Waals surface area contributed by atoms with Crippen LogP contribution in [0, 0.1) is 0 Å². The highest BCUT2D eigenvalue weighted by molar-refractivity contribution is 5.33. The molecule has 4 heteroatoms. The first-order valence-corrected chi connectivity index (χ1v) is 8.36. The smallest absolute Gasteiger partial charge is 0.0952 e. The molecule has 1 aliphatic heterocycles. The van der Waals surface area contributed by atoms with Crippen molar-refractivity contribution in [3.63, 3.8) is 0 Å². The van der Waals surface area contributed by atoms with E-state index in [0.717, 1.165) is 31.9 Å². The number of hydrogen-bond acceptors (Lipinski definition) is 3. The van der Waals surface area contributed by atoms with Crippen molar-refractivity contribution in [2.24, 2.45) is 0 Å². The van der Waals surface area contributed by atoms with Crippen LogP contribution in [0.3, 0.4) is 0 Å². The Morgan fingerprint density at radius 2 is 1.83 bits per heavy atom. The van der Waals surface area contributed by atoms with Crippen LogP contribution >= 0.6 is 0 Å². The number of aromatic nitrogens is 2. The molecule has 0 saturated carbocycles. The minimum Gasteiger partial charge on any atom is -0.371 e. The molecule has 2 aromatic carbocycles. The molecule has 2 heterocycles. The second kappa shape index (κ2) is 6.99. The second-order valence-corrected chi connectivity index (χ2v) is 6.12. The molecule has 1 aromatic heterocycles. The minimum atomic E-state index is 0.170. The Labute approximate surface area is 142 Å². The van der Waals surface area contributed by atoms with E-state index >= 15 is 0 Å². The molecule has 4 nitrogen and oxygen atoms in total. The molecule has 1 fully saturated rings. The molecule has 0 amide bonds. The van der Waals surface area contributed by atoms with Gasteiger partial charge in [0.1, 0.15) is 0 Å². The molecule has 4 rings (SSSR count). The van der Waals surface area contributed by atoms with Gasteiger partial charge in [0.25, 0.3) is 0 Å². The van der Waals surface area contributed by atoms with Crippen molar-refractivity contribution in [2.75, 3.05) is 19.7 Å². The van der Waals surface area contributed by atoms with Gasteiger partial charge in [-0.25, -0.2) is 4.68 Å². The Morgan fingerprint density at radius 1 is 1.00 bits per heavy atom. The topological polar surface area (TPSA) is 30.3 Å². The fourth-order valence-corrected chi connectivity index (χ4v) is 3.15. The van der Waals surface area contributed by atoms with E-state index in [2.05, 4.69) is 58.5 Å². The number of ether oxygens (including phenoxy) is 1. The summed E-state index contributed by atoms with van der Waals surface area (Å²) in [7, 11) is 0. The van der Waals surface area contributed by atoms with E-state index in [-0.39, 0.29) is 6.10 Å². The molecule has 3 aromatic rings. The fraction of sp³-hybridized carbons (Fsp3) is 0.250. The van der Waals surface area contributed by atoms with E-state index < -0.39 is 0 Å². The summed E-state index contributed by atoms with van der Waals surface area (Å²) in [4.78, 5) is 2.46. The Bertz CT molecular complexity index is 753. The van der Waals surface area contributed by atoms with Gasteiger partial charge < -0.3 is 4.74 Å². The standard InChI is InChI=1S/C20H21N3O/c1-2-5-18(6-3-1)20-16-22(13-14-24-20)15-17-7-9-19(10-8-17)23-12-4-11-21-23/h1-12,20H,13-16H2/t20-/m0/s1. The Kier molecular flexibility index (Phi) is 4.40. The van der Waals surface area contributed by atoms with Crippen LogP contribution in [0.25, 0.3) is 5.69 Å². The van der Waals surface area contributed by atoms with Crippen LogP contribution in [-0.2, 0) is 11.3 Å². The highest BCUT2D eigenvalue weighted by Gasteiger charge is 2.21. The quantitative estimate of drug-likeness (QED) is 0.738. The monoisotopic (exact) mass is 319 g/mol. The summed E-state index contributed by atoms with van der Waals surface area (Å²) in [6.45, 7) is 3.65. The van der Waals surface area contributed by atoms with E-state index in [4.69, 9.17) is 4.74 Å². The first kappa shape index (κ1) is 15.1. The zero-order chi connectivity index (χ0) is 16.2. The summed E-state index contributed by atoms with van der Waals surface area (Å²) >= 11 is 0. The van der Waals surface area contributed by atoms with Crippen molar-refractivity contribution in [3.8, 4) is 5.69 Å². The lowest BCUT2D eigenvalue weighted by Gasteiger charge is -2.33.